The van der Waals surface area contributed by atoms with Crippen LogP contribution in [0.25, 0.3) is 0 Å². The minimum absolute atomic E-state index is 0.0735. The van der Waals surface area contributed by atoms with Gasteiger partial charge in [-0.05, 0) is 13.8 Å². The standard InChI is InChI=1S/C9H12N4OS/c1-6-7(2)15-9(10-6)4-13-3-8(5-14)11-12-13/h3,14H,4-5H2,1-2H3. The van der Waals surface area contributed by atoms with E-state index < -0.39 is 0 Å². The predicted octanol–water partition coefficient (Wildman–Crippen LogP) is 0.892. The van der Waals surface area contributed by atoms with Gasteiger partial charge >= 0.3 is 0 Å². The molecule has 5 nitrogen and oxygen atoms in total. The Labute approximate surface area is 91.4 Å². The molecular formula is C9H12N4OS. The van der Waals surface area contributed by atoms with Gasteiger partial charge in [0.15, 0.2) is 0 Å². The molecule has 0 aliphatic rings. The Bertz CT molecular complexity index is 443. The van der Waals surface area contributed by atoms with Crippen LogP contribution in [0.15, 0.2) is 6.20 Å². The van der Waals surface area contributed by atoms with Gasteiger partial charge in [-0.2, -0.15) is 0 Å². The third-order valence-electron chi connectivity index (χ3n) is 2.12. The third kappa shape index (κ3) is 2.21. The molecule has 15 heavy (non-hydrogen) atoms. The zero-order chi connectivity index (χ0) is 10.8. The van der Waals surface area contributed by atoms with Crippen molar-refractivity contribution in [2.75, 3.05) is 0 Å². The lowest BCUT2D eigenvalue weighted by molar-refractivity contribution is 0.276. The molecule has 0 spiro atoms. The zero-order valence-electron chi connectivity index (χ0n) is 8.64. The molecule has 0 fully saturated rings. The Morgan fingerprint density at radius 1 is 1.47 bits per heavy atom. The molecule has 1 N–H and O–H groups in total. The molecule has 0 aromatic carbocycles. The number of rotatable bonds is 3. The summed E-state index contributed by atoms with van der Waals surface area (Å²) in [6, 6.07) is 0. The van der Waals surface area contributed by atoms with E-state index in [4.69, 9.17) is 5.11 Å². The lowest BCUT2D eigenvalue weighted by atomic mass is 10.4. The Balaban J connectivity index is 2.14. The Kier molecular flexibility index (Phi) is 2.79. The maximum Gasteiger partial charge on any atom is 0.115 e. The number of aromatic nitrogens is 4. The van der Waals surface area contributed by atoms with Crippen molar-refractivity contribution >= 4 is 11.3 Å². The van der Waals surface area contributed by atoms with Gasteiger partial charge in [-0.15, -0.1) is 16.4 Å². The van der Waals surface area contributed by atoms with Gasteiger partial charge in [-0.1, -0.05) is 5.21 Å². The summed E-state index contributed by atoms with van der Waals surface area (Å²) in [7, 11) is 0. The maximum atomic E-state index is 8.84. The van der Waals surface area contributed by atoms with Crippen LogP contribution >= 0.6 is 11.3 Å². The van der Waals surface area contributed by atoms with Crippen LogP contribution in [-0.4, -0.2) is 25.1 Å². The first-order valence-electron chi connectivity index (χ1n) is 4.62. The molecule has 0 unspecified atom stereocenters. The van der Waals surface area contributed by atoms with Gasteiger partial charge in [0.2, 0.25) is 0 Å². The lowest BCUT2D eigenvalue weighted by Gasteiger charge is -1.93. The SMILES string of the molecule is Cc1nc(Cn2cc(CO)nn2)sc1C. The van der Waals surface area contributed by atoms with E-state index in [1.165, 1.54) is 4.88 Å². The number of aliphatic hydroxyl groups is 1. The van der Waals surface area contributed by atoms with E-state index in [0.29, 0.717) is 12.2 Å². The molecule has 0 atom stereocenters. The van der Waals surface area contributed by atoms with E-state index in [-0.39, 0.29) is 6.61 Å². The second kappa shape index (κ2) is 4.08. The largest absolute Gasteiger partial charge is 0.390 e. The highest BCUT2D eigenvalue weighted by atomic mass is 32.1. The van der Waals surface area contributed by atoms with E-state index in [1.807, 2.05) is 6.92 Å². The summed E-state index contributed by atoms with van der Waals surface area (Å²) in [6.07, 6.45) is 1.73. The molecular weight excluding hydrogens is 212 g/mol. The molecule has 2 rings (SSSR count). The van der Waals surface area contributed by atoms with Crippen molar-refractivity contribution in [2.45, 2.75) is 27.0 Å². The Hall–Kier alpha value is -1.27. The summed E-state index contributed by atoms with van der Waals surface area (Å²) in [5, 5.41) is 17.5. The molecule has 0 aliphatic heterocycles. The second-order valence-corrected chi connectivity index (χ2v) is 4.60. The monoisotopic (exact) mass is 224 g/mol. The van der Waals surface area contributed by atoms with Gasteiger partial charge in [-0.25, -0.2) is 9.67 Å². The minimum atomic E-state index is -0.0735. The first kappa shape index (κ1) is 10.3. The van der Waals surface area contributed by atoms with Crippen molar-refractivity contribution in [1.29, 1.82) is 0 Å². The van der Waals surface area contributed by atoms with E-state index in [1.54, 1.807) is 22.2 Å². The van der Waals surface area contributed by atoms with Crippen LogP contribution in [0.5, 0.6) is 0 Å². The quantitative estimate of drug-likeness (QED) is 0.841. The average Bonchev–Trinajstić information content (AvgIpc) is 2.76. The van der Waals surface area contributed by atoms with Crippen molar-refractivity contribution in [3.05, 3.63) is 27.5 Å². The summed E-state index contributed by atoms with van der Waals surface area (Å²) in [4.78, 5) is 5.64. The molecule has 0 amide bonds. The molecule has 0 saturated heterocycles. The van der Waals surface area contributed by atoms with Crippen molar-refractivity contribution in [1.82, 2.24) is 20.0 Å². The molecule has 2 aromatic heterocycles. The second-order valence-electron chi connectivity index (χ2n) is 3.31. The van der Waals surface area contributed by atoms with Gasteiger partial charge in [-0.3, -0.25) is 0 Å². The van der Waals surface area contributed by atoms with Gasteiger partial charge < -0.3 is 5.11 Å². The highest BCUT2D eigenvalue weighted by Crippen LogP contribution is 2.16. The molecule has 2 aromatic rings. The van der Waals surface area contributed by atoms with E-state index in [9.17, 15) is 0 Å². The van der Waals surface area contributed by atoms with Crippen molar-refractivity contribution in [2.24, 2.45) is 0 Å². The first-order valence-corrected chi connectivity index (χ1v) is 5.43. The van der Waals surface area contributed by atoms with Gasteiger partial charge in [0.05, 0.1) is 25.0 Å². The number of aryl methyl sites for hydroxylation is 2. The van der Waals surface area contributed by atoms with E-state index in [2.05, 4.69) is 22.2 Å². The van der Waals surface area contributed by atoms with Crippen LogP contribution in [-0.2, 0) is 13.2 Å². The summed E-state index contributed by atoms with van der Waals surface area (Å²) in [5.74, 6) is 0. The Morgan fingerprint density at radius 3 is 2.80 bits per heavy atom. The fourth-order valence-corrected chi connectivity index (χ4v) is 2.16. The van der Waals surface area contributed by atoms with Crippen LogP contribution in [0.2, 0.25) is 0 Å². The first-order chi connectivity index (χ1) is 7.19. The summed E-state index contributed by atoms with van der Waals surface area (Å²) in [5.41, 5.74) is 1.65. The highest BCUT2D eigenvalue weighted by molar-refractivity contribution is 7.11. The van der Waals surface area contributed by atoms with Crippen LogP contribution in [0.1, 0.15) is 21.3 Å². The molecule has 80 valence electrons. The fraction of sp³-hybridized carbons (Fsp3) is 0.444. The molecule has 2 heterocycles. The minimum Gasteiger partial charge on any atom is -0.390 e. The number of nitrogens with zero attached hydrogens (tertiary/aromatic N) is 4. The van der Waals surface area contributed by atoms with Crippen LogP contribution < -0.4 is 0 Å². The normalized spacial score (nSPS) is 10.9. The molecule has 0 radical (unpaired) electrons. The maximum absolute atomic E-state index is 8.84. The van der Waals surface area contributed by atoms with Crippen LogP contribution in [0.3, 0.4) is 0 Å². The highest BCUT2D eigenvalue weighted by Gasteiger charge is 2.05. The fourth-order valence-electron chi connectivity index (χ4n) is 1.23. The van der Waals surface area contributed by atoms with Gasteiger partial charge in [0.1, 0.15) is 10.7 Å². The van der Waals surface area contributed by atoms with E-state index >= 15 is 0 Å². The molecule has 6 heteroatoms. The van der Waals surface area contributed by atoms with Crippen LogP contribution in [0.4, 0.5) is 0 Å². The lowest BCUT2D eigenvalue weighted by Crippen LogP contribution is -1.99. The van der Waals surface area contributed by atoms with E-state index in [0.717, 1.165) is 10.7 Å². The smallest absolute Gasteiger partial charge is 0.115 e. The summed E-state index contributed by atoms with van der Waals surface area (Å²) >= 11 is 1.66. The molecule has 0 bridgehead atoms. The number of thiazole rings is 1. The topological polar surface area (TPSA) is 63.8 Å². The summed E-state index contributed by atoms with van der Waals surface area (Å²) < 4.78 is 1.68. The van der Waals surface area contributed by atoms with Gasteiger partial charge in [0.25, 0.3) is 0 Å². The van der Waals surface area contributed by atoms with Crippen molar-refractivity contribution in [3.8, 4) is 0 Å². The number of hydrogen-bond donors (Lipinski definition) is 1. The van der Waals surface area contributed by atoms with Crippen molar-refractivity contribution in [3.63, 3.8) is 0 Å². The predicted molar refractivity (Wildman–Crippen MR) is 56.6 cm³/mol. The summed E-state index contributed by atoms with van der Waals surface area (Å²) in [6.45, 7) is 4.59. The van der Waals surface area contributed by atoms with Crippen molar-refractivity contribution < 1.29 is 5.11 Å². The average molecular weight is 224 g/mol. The Morgan fingerprint density at radius 2 is 2.27 bits per heavy atom. The third-order valence-corrected chi connectivity index (χ3v) is 3.18. The molecule has 0 saturated carbocycles. The number of hydrogen-bond acceptors (Lipinski definition) is 5. The molecule has 0 aliphatic carbocycles. The van der Waals surface area contributed by atoms with Crippen LogP contribution in [0, 0.1) is 13.8 Å². The van der Waals surface area contributed by atoms with Gasteiger partial charge in [0, 0.05) is 4.88 Å². The zero-order valence-corrected chi connectivity index (χ0v) is 9.45. The number of aliphatic hydroxyl groups excluding tert-OH is 1.